The zero-order chi connectivity index (χ0) is 25.4. The molecule has 1 heteroatoms. The number of benzene rings is 3. The Morgan fingerprint density at radius 3 is 1.50 bits per heavy atom. The average molecular weight is 479 g/mol. The van der Waals surface area contributed by atoms with Crippen LogP contribution in [-0.4, -0.2) is 0 Å². The molecule has 3 aromatic carbocycles. The number of hydrogen-bond donors (Lipinski definition) is 0. The minimum absolute atomic E-state index is 0.149. The van der Waals surface area contributed by atoms with Crippen molar-refractivity contribution in [2.45, 2.75) is 84.5 Å². The topological polar surface area (TPSA) is 0 Å². The first-order chi connectivity index (χ1) is 17.7. The van der Waals surface area contributed by atoms with Crippen molar-refractivity contribution in [2.75, 3.05) is 0 Å². The Labute approximate surface area is 218 Å². The van der Waals surface area contributed by atoms with Gasteiger partial charge in [-0.1, -0.05) is 101 Å². The summed E-state index contributed by atoms with van der Waals surface area (Å²) in [7, 11) is 0. The summed E-state index contributed by atoms with van der Waals surface area (Å²) in [5.41, 5.74) is 5.77. The molecule has 0 aliphatic rings. The number of halogens is 1. The van der Waals surface area contributed by atoms with Gasteiger partial charge in [-0.3, -0.25) is 0 Å². The molecule has 186 valence electrons. The first kappa shape index (κ1) is 27.3. The molecule has 0 unspecified atom stereocenters. The van der Waals surface area contributed by atoms with Crippen molar-refractivity contribution in [3.8, 4) is 23.7 Å². The minimum atomic E-state index is -0.149. The van der Waals surface area contributed by atoms with E-state index in [1.807, 2.05) is 36.4 Å². The Morgan fingerprint density at radius 1 is 0.500 bits per heavy atom. The summed E-state index contributed by atoms with van der Waals surface area (Å²) < 4.78 is 14.4. The molecule has 0 aliphatic carbocycles. The van der Waals surface area contributed by atoms with Crippen LogP contribution < -0.4 is 0 Å². The second kappa shape index (κ2) is 15.7. The maximum Gasteiger partial charge on any atom is 0.127 e. The molecule has 0 nitrogen and oxygen atoms in total. The van der Waals surface area contributed by atoms with Crippen LogP contribution in [-0.2, 0) is 12.8 Å². The Bertz CT molecular complexity index is 1180. The van der Waals surface area contributed by atoms with Crippen molar-refractivity contribution in [3.63, 3.8) is 0 Å². The average Bonchev–Trinajstić information content (AvgIpc) is 2.91. The first-order valence-corrected chi connectivity index (χ1v) is 13.7. The molecule has 3 aromatic rings. The van der Waals surface area contributed by atoms with E-state index < -0.39 is 0 Å². The molecule has 0 radical (unpaired) electrons. The molecule has 0 saturated heterocycles. The fraction of sp³-hybridized carbons (Fsp3) is 0.371. The van der Waals surface area contributed by atoms with Crippen molar-refractivity contribution >= 4 is 0 Å². The molecule has 0 aliphatic heterocycles. The highest BCUT2D eigenvalue weighted by atomic mass is 19.1. The van der Waals surface area contributed by atoms with E-state index in [2.05, 4.69) is 61.8 Å². The highest BCUT2D eigenvalue weighted by Gasteiger charge is 2.03. The van der Waals surface area contributed by atoms with Crippen LogP contribution in [0.1, 0.15) is 105 Å². The van der Waals surface area contributed by atoms with E-state index in [-0.39, 0.29) is 5.82 Å². The molecule has 36 heavy (non-hydrogen) atoms. The largest absolute Gasteiger partial charge is 0.207 e. The molecule has 0 atom stereocenters. The summed E-state index contributed by atoms with van der Waals surface area (Å²) in [6, 6.07) is 21.9. The van der Waals surface area contributed by atoms with Crippen LogP contribution in [0, 0.1) is 29.5 Å². The van der Waals surface area contributed by atoms with Crippen LogP contribution in [0.4, 0.5) is 4.39 Å². The van der Waals surface area contributed by atoms with Gasteiger partial charge in [0.2, 0.25) is 0 Å². The van der Waals surface area contributed by atoms with Gasteiger partial charge in [0.1, 0.15) is 5.82 Å². The SMILES string of the molecule is CCCCCCCc1ccc(C#Cc2ccc(C#Cc3ccc(CCCCCC)c(F)c3)cc2)cc1. The molecule has 0 N–H and O–H groups in total. The number of rotatable bonds is 11. The third-order valence-corrected chi connectivity index (χ3v) is 6.46. The van der Waals surface area contributed by atoms with Crippen molar-refractivity contribution in [1.82, 2.24) is 0 Å². The van der Waals surface area contributed by atoms with Crippen LogP contribution in [0.2, 0.25) is 0 Å². The van der Waals surface area contributed by atoms with Crippen molar-refractivity contribution in [2.24, 2.45) is 0 Å². The Hall–Kier alpha value is -3.29. The van der Waals surface area contributed by atoms with Gasteiger partial charge in [0.25, 0.3) is 0 Å². The number of aryl methyl sites for hydroxylation is 2. The second-order valence-electron chi connectivity index (χ2n) is 9.56. The summed E-state index contributed by atoms with van der Waals surface area (Å²) >= 11 is 0. The zero-order valence-electron chi connectivity index (χ0n) is 22.0. The van der Waals surface area contributed by atoms with E-state index in [0.29, 0.717) is 5.56 Å². The van der Waals surface area contributed by atoms with Gasteiger partial charge >= 0.3 is 0 Å². The lowest BCUT2D eigenvalue weighted by Crippen LogP contribution is -1.92. The van der Waals surface area contributed by atoms with Crippen LogP contribution in [0.3, 0.4) is 0 Å². The minimum Gasteiger partial charge on any atom is -0.207 e. The summed E-state index contributed by atoms with van der Waals surface area (Å²) in [6.45, 7) is 4.44. The summed E-state index contributed by atoms with van der Waals surface area (Å²) in [5.74, 6) is 12.6. The van der Waals surface area contributed by atoms with E-state index >= 15 is 0 Å². The summed E-state index contributed by atoms with van der Waals surface area (Å²) in [6.07, 6.45) is 13.1. The maximum atomic E-state index is 14.4. The van der Waals surface area contributed by atoms with Crippen LogP contribution in [0.15, 0.2) is 66.7 Å². The molecule has 0 saturated carbocycles. The smallest absolute Gasteiger partial charge is 0.127 e. The Kier molecular flexibility index (Phi) is 11.9. The molecular weight excluding hydrogens is 439 g/mol. The zero-order valence-corrected chi connectivity index (χ0v) is 22.0. The van der Waals surface area contributed by atoms with E-state index in [1.165, 1.54) is 50.5 Å². The third kappa shape index (κ3) is 9.76. The molecule has 0 bridgehead atoms. The molecule has 0 amide bonds. The Balaban J connectivity index is 1.52. The highest BCUT2D eigenvalue weighted by molar-refractivity contribution is 5.48. The lowest BCUT2D eigenvalue weighted by molar-refractivity contribution is 0.593. The monoisotopic (exact) mass is 478 g/mol. The summed E-state index contributed by atoms with van der Waals surface area (Å²) in [4.78, 5) is 0. The van der Waals surface area contributed by atoms with Gasteiger partial charge in [0, 0.05) is 22.3 Å². The lowest BCUT2D eigenvalue weighted by atomic mass is 10.0. The van der Waals surface area contributed by atoms with Crippen LogP contribution >= 0.6 is 0 Å². The van der Waals surface area contributed by atoms with Crippen LogP contribution in [0.25, 0.3) is 0 Å². The van der Waals surface area contributed by atoms with Crippen molar-refractivity contribution in [3.05, 3.63) is 106 Å². The normalized spacial score (nSPS) is 10.3. The lowest BCUT2D eigenvalue weighted by Gasteiger charge is -2.03. The fourth-order valence-corrected chi connectivity index (χ4v) is 4.18. The van der Waals surface area contributed by atoms with Gasteiger partial charge in [0.05, 0.1) is 0 Å². The van der Waals surface area contributed by atoms with E-state index in [4.69, 9.17) is 0 Å². The van der Waals surface area contributed by atoms with Gasteiger partial charge in [-0.25, -0.2) is 4.39 Å². The third-order valence-electron chi connectivity index (χ3n) is 6.46. The van der Waals surface area contributed by atoms with Gasteiger partial charge in [-0.2, -0.15) is 0 Å². The Morgan fingerprint density at radius 2 is 0.944 bits per heavy atom. The van der Waals surface area contributed by atoms with Gasteiger partial charge in [-0.15, -0.1) is 0 Å². The van der Waals surface area contributed by atoms with E-state index in [0.717, 1.165) is 47.9 Å². The molecule has 3 rings (SSSR count). The standard InChI is InChI=1S/C35H39F/c1-3-5-7-9-10-12-29-14-16-30(17-15-29)18-19-31-20-22-32(23-21-31)24-25-33-26-27-34(35(36)28-33)13-11-8-6-4-2/h14-17,20-23,26-28H,3-13H2,1-2H3. The maximum absolute atomic E-state index is 14.4. The quantitative estimate of drug-likeness (QED) is 0.190. The van der Waals surface area contributed by atoms with Crippen molar-refractivity contribution in [1.29, 1.82) is 0 Å². The van der Waals surface area contributed by atoms with E-state index in [1.54, 1.807) is 6.07 Å². The molecule has 0 fully saturated rings. The predicted octanol–water partition coefficient (Wildman–Crippen LogP) is 9.26. The summed E-state index contributed by atoms with van der Waals surface area (Å²) in [5, 5.41) is 0. The number of hydrogen-bond acceptors (Lipinski definition) is 0. The molecule has 0 heterocycles. The fourth-order valence-electron chi connectivity index (χ4n) is 4.18. The van der Waals surface area contributed by atoms with Crippen LogP contribution in [0.5, 0.6) is 0 Å². The first-order valence-electron chi connectivity index (χ1n) is 13.7. The highest BCUT2D eigenvalue weighted by Crippen LogP contribution is 2.14. The van der Waals surface area contributed by atoms with Gasteiger partial charge in [0.15, 0.2) is 0 Å². The number of unbranched alkanes of at least 4 members (excludes halogenated alkanes) is 7. The van der Waals surface area contributed by atoms with E-state index in [9.17, 15) is 4.39 Å². The van der Waals surface area contributed by atoms with Crippen molar-refractivity contribution < 1.29 is 4.39 Å². The second-order valence-corrected chi connectivity index (χ2v) is 9.56. The molecular formula is C35H39F. The predicted molar refractivity (Wildman–Crippen MR) is 152 cm³/mol. The molecule has 0 spiro atoms. The van der Waals surface area contributed by atoms with Gasteiger partial charge < -0.3 is 0 Å². The van der Waals surface area contributed by atoms with Gasteiger partial charge in [-0.05, 0) is 85.3 Å². The molecule has 0 aromatic heterocycles.